The van der Waals surface area contributed by atoms with Crippen LogP contribution in [0.25, 0.3) is 0 Å². The topological polar surface area (TPSA) is 49.5 Å². The molecule has 0 aromatic rings. The first-order valence-corrected chi connectivity index (χ1v) is 5.11. The van der Waals surface area contributed by atoms with Gasteiger partial charge in [-0.25, -0.2) is 0 Å². The molecule has 0 aromatic heterocycles. The number of aliphatic hydroxyl groups is 1. The molecule has 1 unspecified atom stereocenters. The minimum Gasteiger partial charge on any atom is -0.392 e. The Bertz CT molecular complexity index is 194. The van der Waals surface area contributed by atoms with Crippen molar-refractivity contribution in [2.45, 2.75) is 37.6 Å². The predicted octanol–water partition coefficient (Wildman–Crippen LogP) is 0.723. The van der Waals surface area contributed by atoms with E-state index in [9.17, 15) is 18.3 Å². The van der Waals surface area contributed by atoms with Crippen molar-refractivity contribution in [3.8, 4) is 0 Å². The van der Waals surface area contributed by atoms with Crippen LogP contribution in [0.3, 0.4) is 0 Å². The van der Waals surface area contributed by atoms with Gasteiger partial charge in [-0.1, -0.05) is 0 Å². The van der Waals surface area contributed by atoms with Crippen molar-refractivity contribution in [2.24, 2.45) is 5.73 Å². The van der Waals surface area contributed by atoms with Gasteiger partial charge in [0.15, 0.2) is 0 Å². The largest absolute Gasteiger partial charge is 0.401 e. The molecule has 90 valence electrons. The van der Waals surface area contributed by atoms with Gasteiger partial charge in [-0.2, -0.15) is 13.2 Å². The molecule has 1 aliphatic rings. The van der Waals surface area contributed by atoms with Gasteiger partial charge in [0.05, 0.1) is 12.6 Å². The van der Waals surface area contributed by atoms with E-state index in [0.717, 1.165) is 12.8 Å². The minimum atomic E-state index is -4.16. The fourth-order valence-corrected chi connectivity index (χ4v) is 1.49. The standard InChI is InChI=1S/C9H17F3N2O/c10-9(11,12)6-14(7-1-2-7)4-3-8(15)5-13/h7-8,15H,1-6,13H2. The molecule has 0 radical (unpaired) electrons. The summed E-state index contributed by atoms with van der Waals surface area (Å²) in [6, 6.07) is 0.0524. The third kappa shape index (κ3) is 5.34. The zero-order valence-electron chi connectivity index (χ0n) is 8.50. The molecule has 0 spiro atoms. The quantitative estimate of drug-likeness (QED) is 0.701. The molecule has 1 atom stereocenters. The highest BCUT2D eigenvalue weighted by Gasteiger charge is 2.37. The van der Waals surface area contributed by atoms with Crippen LogP contribution in [0, 0.1) is 0 Å². The van der Waals surface area contributed by atoms with Crippen molar-refractivity contribution in [2.75, 3.05) is 19.6 Å². The molecule has 1 rings (SSSR count). The van der Waals surface area contributed by atoms with E-state index >= 15 is 0 Å². The van der Waals surface area contributed by atoms with Crippen molar-refractivity contribution in [3.05, 3.63) is 0 Å². The van der Waals surface area contributed by atoms with E-state index in [1.165, 1.54) is 4.90 Å². The SMILES string of the molecule is NCC(O)CCN(CC(F)(F)F)C1CC1. The third-order valence-corrected chi connectivity index (χ3v) is 2.47. The van der Waals surface area contributed by atoms with E-state index in [0.29, 0.717) is 6.42 Å². The van der Waals surface area contributed by atoms with Gasteiger partial charge in [-0.3, -0.25) is 4.90 Å². The van der Waals surface area contributed by atoms with E-state index in [-0.39, 0.29) is 19.1 Å². The Labute approximate surface area is 87.0 Å². The van der Waals surface area contributed by atoms with E-state index in [1.807, 2.05) is 0 Å². The molecule has 6 heteroatoms. The number of halogens is 3. The van der Waals surface area contributed by atoms with Gasteiger partial charge in [0, 0.05) is 19.1 Å². The number of rotatable bonds is 6. The highest BCUT2D eigenvalue weighted by atomic mass is 19.4. The summed E-state index contributed by atoms with van der Waals surface area (Å²) in [5.41, 5.74) is 5.19. The molecule has 3 N–H and O–H groups in total. The summed E-state index contributed by atoms with van der Waals surface area (Å²) in [7, 11) is 0. The number of nitrogens with two attached hydrogens (primary N) is 1. The van der Waals surface area contributed by atoms with Gasteiger partial charge in [0.2, 0.25) is 0 Å². The lowest BCUT2D eigenvalue weighted by Gasteiger charge is -2.24. The summed E-state index contributed by atoms with van der Waals surface area (Å²) >= 11 is 0. The Morgan fingerprint density at radius 3 is 2.40 bits per heavy atom. The number of alkyl halides is 3. The molecule has 1 saturated carbocycles. The Hall–Kier alpha value is -0.330. The highest BCUT2D eigenvalue weighted by molar-refractivity contribution is 4.86. The monoisotopic (exact) mass is 226 g/mol. The van der Waals surface area contributed by atoms with Crippen molar-refractivity contribution < 1.29 is 18.3 Å². The van der Waals surface area contributed by atoms with Gasteiger partial charge in [0.25, 0.3) is 0 Å². The maximum Gasteiger partial charge on any atom is 0.401 e. The second-order valence-electron chi connectivity index (χ2n) is 4.00. The molecular formula is C9H17F3N2O. The summed E-state index contributed by atoms with van der Waals surface area (Å²) in [5.74, 6) is 0. The molecule has 0 saturated heterocycles. The average Bonchev–Trinajstić information content (AvgIpc) is 2.92. The lowest BCUT2D eigenvalue weighted by molar-refractivity contribution is -0.147. The van der Waals surface area contributed by atoms with Crippen LogP contribution < -0.4 is 5.73 Å². The lowest BCUT2D eigenvalue weighted by Crippen LogP contribution is -2.38. The lowest BCUT2D eigenvalue weighted by atomic mass is 10.2. The van der Waals surface area contributed by atoms with Crippen molar-refractivity contribution >= 4 is 0 Å². The van der Waals surface area contributed by atoms with Crippen LogP contribution in [0.15, 0.2) is 0 Å². The number of nitrogens with zero attached hydrogens (tertiary/aromatic N) is 1. The van der Waals surface area contributed by atoms with Crippen molar-refractivity contribution in [1.82, 2.24) is 4.90 Å². The summed E-state index contributed by atoms with van der Waals surface area (Å²) in [6.07, 6.45) is -2.89. The smallest absolute Gasteiger partial charge is 0.392 e. The van der Waals surface area contributed by atoms with Crippen molar-refractivity contribution in [1.29, 1.82) is 0 Å². The van der Waals surface area contributed by atoms with E-state index in [4.69, 9.17) is 5.73 Å². The number of aliphatic hydroxyl groups excluding tert-OH is 1. The van der Waals surface area contributed by atoms with Gasteiger partial charge >= 0.3 is 6.18 Å². The van der Waals surface area contributed by atoms with E-state index in [1.54, 1.807) is 0 Å². The third-order valence-electron chi connectivity index (χ3n) is 2.47. The molecule has 3 nitrogen and oxygen atoms in total. The van der Waals surface area contributed by atoms with Crippen LogP contribution in [-0.2, 0) is 0 Å². The highest BCUT2D eigenvalue weighted by Crippen LogP contribution is 2.30. The fourth-order valence-electron chi connectivity index (χ4n) is 1.49. The molecule has 0 heterocycles. The van der Waals surface area contributed by atoms with Gasteiger partial charge in [-0.15, -0.1) is 0 Å². The summed E-state index contributed by atoms with van der Waals surface area (Å²) in [5, 5.41) is 9.17. The second kappa shape index (κ2) is 5.14. The second-order valence-corrected chi connectivity index (χ2v) is 4.00. The minimum absolute atomic E-state index is 0.0524. The zero-order chi connectivity index (χ0) is 11.5. The van der Waals surface area contributed by atoms with Crippen LogP contribution in [0.1, 0.15) is 19.3 Å². The van der Waals surface area contributed by atoms with E-state index in [2.05, 4.69) is 0 Å². The summed E-state index contributed by atoms with van der Waals surface area (Å²) < 4.78 is 36.5. The Morgan fingerprint density at radius 1 is 1.40 bits per heavy atom. The average molecular weight is 226 g/mol. The van der Waals surface area contributed by atoms with Gasteiger partial charge < -0.3 is 10.8 Å². The van der Waals surface area contributed by atoms with E-state index < -0.39 is 18.8 Å². The zero-order valence-corrected chi connectivity index (χ0v) is 8.50. The van der Waals surface area contributed by atoms with Crippen molar-refractivity contribution in [3.63, 3.8) is 0 Å². The number of hydrogen-bond acceptors (Lipinski definition) is 3. The first-order valence-electron chi connectivity index (χ1n) is 5.11. The fraction of sp³-hybridized carbons (Fsp3) is 1.00. The van der Waals surface area contributed by atoms with Crippen LogP contribution in [0.5, 0.6) is 0 Å². The summed E-state index contributed by atoms with van der Waals surface area (Å²) in [6.45, 7) is -0.512. The first-order chi connectivity index (χ1) is 6.92. The van der Waals surface area contributed by atoms with Crippen LogP contribution in [-0.4, -0.2) is 48.0 Å². The Balaban J connectivity index is 2.31. The molecular weight excluding hydrogens is 209 g/mol. The molecule has 1 fully saturated rings. The Morgan fingerprint density at radius 2 is 2.00 bits per heavy atom. The van der Waals surface area contributed by atoms with Crippen LogP contribution in [0.4, 0.5) is 13.2 Å². The molecule has 0 aromatic carbocycles. The van der Waals surface area contributed by atoms with Crippen LogP contribution in [0.2, 0.25) is 0 Å². The van der Waals surface area contributed by atoms with Crippen LogP contribution >= 0.6 is 0 Å². The molecule has 0 amide bonds. The molecule has 0 bridgehead atoms. The first kappa shape index (κ1) is 12.7. The molecule has 15 heavy (non-hydrogen) atoms. The maximum atomic E-state index is 12.2. The molecule has 1 aliphatic carbocycles. The Kier molecular flexibility index (Phi) is 4.36. The molecule has 0 aliphatic heterocycles. The number of hydrogen-bond donors (Lipinski definition) is 2. The van der Waals surface area contributed by atoms with Gasteiger partial charge in [-0.05, 0) is 19.3 Å². The summed E-state index contributed by atoms with van der Waals surface area (Å²) in [4.78, 5) is 1.39. The predicted molar refractivity (Wildman–Crippen MR) is 50.3 cm³/mol. The normalized spacial score (nSPS) is 19.6. The maximum absolute atomic E-state index is 12.2. The van der Waals surface area contributed by atoms with Gasteiger partial charge in [0.1, 0.15) is 0 Å².